The first-order valence-corrected chi connectivity index (χ1v) is 61.8. The average Bonchev–Trinajstić information content (AvgIpc) is 0.910. The molecule has 10 N–H and O–H groups in total. The van der Waals surface area contributed by atoms with Gasteiger partial charge < -0.3 is 67.9 Å². The number of carbonyl (C=O) groups is 10. The molecule has 0 unspecified atom stereocenters. The van der Waals surface area contributed by atoms with Gasteiger partial charge in [-0.05, 0) is 31.3 Å². The zero-order valence-electron chi connectivity index (χ0n) is 81.1. The average molecular weight is 1970 g/mol. The summed E-state index contributed by atoms with van der Waals surface area (Å²) in [5.74, 6) is 4.86. The predicted octanol–water partition coefficient (Wildman–Crippen LogP) is 19.7. The minimum Gasteiger partial charge on any atom is -0.355 e. The molecular formula is C96H187N13O10S9. The van der Waals surface area contributed by atoms with Crippen LogP contribution in [0.25, 0.3) is 0 Å². The van der Waals surface area contributed by atoms with E-state index in [9.17, 15) is 47.9 Å². The summed E-state index contributed by atoms with van der Waals surface area (Å²) in [6, 6.07) is 0. The Labute approximate surface area is 818 Å². The summed E-state index contributed by atoms with van der Waals surface area (Å²) < 4.78 is 0. The first-order chi connectivity index (χ1) is 62.7. The maximum atomic E-state index is 14.0. The van der Waals surface area contributed by atoms with Crippen molar-refractivity contribution in [2.75, 3.05) is 177 Å². The molecule has 0 fully saturated rings. The minimum absolute atomic E-state index is 0.0238. The lowest BCUT2D eigenvalue weighted by Gasteiger charge is -2.28. The molecule has 0 saturated heterocycles. The summed E-state index contributed by atoms with van der Waals surface area (Å²) in [6.07, 6.45) is 66.0. The molecule has 23 nitrogen and oxygen atoms in total. The molecule has 0 aromatic carbocycles. The topological polar surface area (TPSA) is 301 Å². The number of amides is 10. The molecular weight excluding hydrogens is 1780 g/mol. The van der Waals surface area contributed by atoms with Crippen molar-refractivity contribution in [3.8, 4) is 0 Å². The first-order valence-electron chi connectivity index (χ1n) is 51.0. The number of thiol groups is 1. The second kappa shape index (κ2) is 102. The Morgan fingerprint density at radius 1 is 0.219 bits per heavy atom. The van der Waals surface area contributed by atoms with E-state index in [0.717, 1.165) is 40.3 Å². The van der Waals surface area contributed by atoms with Gasteiger partial charge >= 0.3 is 0 Å². The normalized spacial score (nSPS) is 11.3. The lowest BCUT2D eigenvalue weighted by Crippen LogP contribution is -2.46. The third-order valence-electron chi connectivity index (χ3n) is 22.4. The minimum atomic E-state index is -0.302. The molecule has 0 aliphatic rings. The predicted molar refractivity (Wildman–Crippen MR) is 565 cm³/mol. The highest BCUT2D eigenvalue weighted by molar-refractivity contribution is 8.77. The molecule has 0 rings (SSSR count). The standard InChI is InChI=1S/C96H187N13O10S9/c1-5-8-11-14-17-20-23-25-27-29-31-33-35-38-41-44-47-50-81-125-128-84-59-95(118)105-67-63-101-90(113)54-73-108(72-53-89(112)98-60-64-102-92(115)56-78-120)76-77-109(96(119)86-97-69-85-122-121-4)74-55-91(114)106-68-75-107(70-51-87(110)99-61-65-103-93(116)57-82-126-123-79-48-45-42-39-36-22-19-16-13-10-7-3)71-52-88(111)100-62-66-104-94(117)58-83-127-124-80-49-46-43-40-37-34-32-30-28-26-24-21-18-15-12-9-6-2/h97,120H,5-86H2,1-4H3,(H,98,112)(H,99,110)(H,100,111)(H,101,113)(H,102,115)(H,103,116)(H,104,117)(H,105,118)(H,106,114). The fourth-order valence-electron chi connectivity index (χ4n) is 14.5. The SMILES string of the molecule is CCCCCCCCCCCCCCCCCCCCSSCCC(=O)NCCNC(=O)CCN(CCC(=O)NCCNC(=O)CCS)CCN(CCC(=O)NCCN(CCC(=O)NCCNC(=O)CCSSCCCCCCCCCCCCC)CCC(=O)NCCNC(=O)CCSSCCCCCCCCCCCCCCCCCCC)C(=O)CNCCSSC. The summed E-state index contributed by atoms with van der Waals surface area (Å²) >= 11 is 4.12. The van der Waals surface area contributed by atoms with Crippen molar-refractivity contribution in [2.45, 2.75) is 374 Å². The van der Waals surface area contributed by atoms with E-state index in [1.54, 1.807) is 58.9 Å². The van der Waals surface area contributed by atoms with Gasteiger partial charge in [-0.25, -0.2) is 0 Å². The van der Waals surface area contributed by atoms with Gasteiger partial charge in [0.05, 0.1) is 6.54 Å². The van der Waals surface area contributed by atoms with E-state index in [2.05, 4.69) is 86.6 Å². The fraction of sp³-hybridized carbons (Fsp3) is 0.896. The molecule has 0 aromatic heterocycles. The zero-order valence-corrected chi connectivity index (χ0v) is 88.5. The molecule has 0 saturated carbocycles. The molecule has 0 aliphatic carbocycles. The third-order valence-corrected chi connectivity index (χ3v) is 31.9. The molecule has 0 radical (unpaired) electrons. The summed E-state index contributed by atoms with van der Waals surface area (Å²) in [6.45, 7) is 11.8. The molecule has 128 heavy (non-hydrogen) atoms. The lowest BCUT2D eigenvalue weighted by molar-refractivity contribution is -0.132. The van der Waals surface area contributed by atoms with Crippen LogP contribution in [0.15, 0.2) is 0 Å². The number of nitrogens with one attached hydrogen (secondary N) is 10. The Balaban J connectivity index is 5.52. The van der Waals surface area contributed by atoms with Crippen LogP contribution in [0.3, 0.4) is 0 Å². The van der Waals surface area contributed by atoms with E-state index in [4.69, 9.17) is 0 Å². The van der Waals surface area contributed by atoms with Gasteiger partial charge in [0.15, 0.2) is 0 Å². The monoisotopic (exact) mass is 1970 g/mol. The summed E-state index contributed by atoms with van der Waals surface area (Å²) in [5.41, 5.74) is 0. The number of carbonyl (C=O) groups excluding carboxylic acids is 10. The van der Waals surface area contributed by atoms with Gasteiger partial charge in [0, 0.05) is 216 Å². The van der Waals surface area contributed by atoms with Gasteiger partial charge in [0.2, 0.25) is 59.1 Å². The molecule has 0 atom stereocenters. The van der Waals surface area contributed by atoms with E-state index in [0.29, 0.717) is 51.2 Å². The van der Waals surface area contributed by atoms with Crippen molar-refractivity contribution in [3.63, 3.8) is 0 Å². The second-order valence-electron chi connectivity index (χ2n) is 34.0. The van der Waals surface area contributed by atoms with Crippen LogP contribution in [0.1, 0.15) is 374 Å². The molecule has 0 spiro atoms. The Morgan fingerprint density at radius 2 is 0.445 bits per heavy atom. The number of hydrogen-bond acceptors (Lipinski definition) is 22. The Kier molecular flexibility index (Phi) is 100. The fourth-order valence-corrected chi connectivity index (χ4v) is 22.2. The van der Waals surface area contributed by atoms with E-state index < -0.39 is 0 Å². The van der Waals surface area contributed by atoms with Crippen LogP contribution in [0, 0.1) is 0 Å². The van der Waals surface area contributed by atoms with Gasteiger partial charge in [-0.15, -0.1) is 0 Å². The van der Waals surface area contributed by atoms with Crippen molar-refractivity contribution in [2.24, 2.45) is 0 Å². The van der Waals surface area contributed by atoms with Gasteiger partial charge in [-0.2, -0.15) is 12.6 Å². The molecule has 0 aromatic rings. The quantitative estimate of drug-likeness (QED) is 0.0153. The van der Waals surface area contributed by atoms with Crippen molar-refractivity contribution in [1.82, 2.24) is 67.9 Å². The van der Waals surface area contributed by atoms with Crippen LogP contribution in [-0.2, 0) is 47.9 Å². The van der Waals surface area contributed by atoms with Crippen molar-refractivity contribution < 1.29 is 47.9 Å². The van der Waals surface area contributed by atoms with E-state index in [-0.39, 0.29) is 196 Å². The van der Waals surface area contributed by atoms with Gasteiger partial charge in [0.1, 0.15) is 0 Å². The van der Waals surface area contributed by atoms with Crippen LogP contribution < -0.4 is 53.2 Å². The Morgan fingerprint density at radius 3 is 0.711 bits per heavy atom. The molecule has 0 aliphatic heterocycles. The highest BCUT2D eigenvalue weighted by atomic mass is 33.1. The van der Waals surface area contributed by atoms with Crippen LogP contribution in [0.4, 0.5) is 0 Å². The van der Waals surface area contributed by atoms with Gasteiger partial charge in [-0.1, -0.05) is 383 Å². The van der Waals surface area contributed by atoms with Crippen LogP contribution >= 0.6 is 99.0 Å². The van der Waals surface area contributed by atoms with Crippen molar-refractivity contribution >= 4 is 158 Å². The third kappa shape index (κ3) is 95.5. The van der Waals surface area contributed by atoms with Crippen LogP contribution in [0.2, 0.25) is 0 Å². The van der Waals surface area contributed by atoms with Gasteiger partial charge in [-0.3, -0.25) is 47.9 Å². The molecule has 10 amide bonds. The lowest BCUT2D eigenvalue weighted by atomic mass is 10.0. The summed E-state index contributed by atoms with van der Waals surface area (Å²) in [5, 5.41) is 29.3. The van der Waals surface area contributed by atoms with E-state index in [1.165, 1.54) is 295 Å². The highest BCUT2D eigenvalue weighted by Crippen LogP contribution is 2.27. The number of hydrogen-bond donors (Lipinski definition) is 11. The van der Waals surface area contributed by atoms with Crippen molar-refractivity contribution in [3.05, 3.63) is 0 Å². The molecule has 0 bridgehead atoms. The molecule has 32 heteroatoms. The zero-order chi connectivity index (χ0) is 93.2. The van der Waals surface area contributed by atoms with Crippen LogP contribution in [-0.4, -0.2) is 250 Å². The first kappa shape index (κ1) is 126. The smallest absolute Gasteiger partial charge is 0.236 e. The molecule has 750 valence electrons. The number of unbranched alkanes of at least 4 members (excludes halogenated alkanes) is 43. The summed E-state index contributed by atoms with van der Waals surface area (Å²) in [7, 11) is 14.0. The maximum absolute atomic E-state index is 14.0. The highest BCUT2D eigenvalue weighted by Gasteiger charge is 2.20. The largest absolute Gasteiger partial charge is 0.355 e. The maximum Gasteiger partial charge on any atom is 0.236 e. The van der Waals surface area contributed by atoms with E-state index in [1.807, 2.05) is 48.4 Å². The second-order valence-corrected chi connectivity index (χ2v) is 45.2. The van der Waals surface area contributed by atoms with Gasteiger partial charge in [0.25, 0.3) is 0 Å². The van der Waals surface area contributed by atoms with E-state index >= 15 is 0 Å². The summed E-state index contributed by atoms with van der Waals surface area (Å²) in [4.78, 5) is 136. The van der Waals surface area contributed by atoms with Crippen molar-refractivity contribution in [1.29, 1.82) is 0 Å². The number of rotatable bonds is 102. The number of nitrogens with zero attached hydrogens (tertiary/aromatic N) is 3. The Bertz CT molecular complexity index is 2610. The van der Waals surface area contributed by atoms with Crippen LogP contribution in [0.5, 0.6) is 0 Å². The molecule has 0 heterocycles. The Hall–Kier alpha value is -2.27.